The monoisotopic (exact) mass is 221 g/mol. The van der Waals surface area contributed by atoms with Crippen molar-refractivity contribution >= 4 is 9.76 Å². The molecule has 14 heavy (non-hydrogen) atoms. The van der Waals surface area contributed by atoms with E-state index in [4.69, 9.17) is 14.6 Å². The van der Waals surface area contributed by atoms with E-state index in [1.807, 2.05) is 6.92 Å². The maximum atomic E-state index is 8.76. The molecule has 0 unspecified atom stereocenters. The smallest absolute Gasteiger partial charge is 0.161 e. The summed E-state index contributed by atoms with van der Waals surface area (Å²) >= 11 is 0. The van der Waals surface area contributed by atoms with E-state index < -0.39 is 0 Å². The van der Waals surface area contributed by atoms with Crippen molar-refractivity contribution in [2.45, 2.75) is 19.4 Å². The molecule has 0 amide bonds. The molecule has 0 bridgehead atoms. The Bertz CT molecular complexity index is 110. The zero-order chi connectivity index (χ0) is 10.6. The van der Waals surface area contributed by atoms with Gasteiger partial charge in [-0.1, -0.05) is 0 Å². The van der Waals surface area contributed by atoms with Gasteiger partial charge in [0.15, 0.2) is 9.76 Å². The van der Waals surface area contributed by atoms with E-state index in [9.17, 15) is 0 Å². The Morgan fingerprint density at radius 1 is 1.14 bits per heavy atom. The Morgan fingerprint density at radius 2 is 1.79 bits per heavy atom. The summed E-state index contributed by atoms with van der Waals surface area (Å²) in [6.45, 7) is 5.49. The first-order valence-electron chi connectivity index (χ1n) is 5.37. The first-order valence-corrected chi connectivity index (χ1v) is 6.94. The van der Waals surface area contributed by atoms with Crippen LogP contribution in [-0.2, 0) is 4.43 Å². The lowest BCUT2D eigenvalue weighted by Gasteiger charge is -2.19. The molecule has 0 aliphatic rings. The second-order valence-corrected chi connectivity index (χ2v) is 4.72. The number of rotatable bonds is 10. The lowest BCUT2D eigenvalue weighted by Crippen LogP contribution is -2.31. The molecule has 0 aliphatic heterocycles. The Hall–Kier alpha value is 0.0569. The zero-order valence-corrected chi connectivity index (χ0v) is 10.5. The fourth-order valence-corrected chi connectivity index (χ4v) is 2.22. The summed E-state index contributed by atoms with van der Waals surface area (Å²) in [5.74, 6) is 0. The van der Waals surface area contributed by atoms with Crippen molar-refractivity contribution in [3.8, 4) is 0 Å². The molecule has 0 saturated heterocycles. The summed E-state index contributed by atoms with van der Waals surface area (Å²) in [7, 11) is -0.311. The first-order chi connectivity index (χ1) is 6.85. The molecule has 5 heteroatoms. The fourth-order valence-electron chi connectivity index (χ4n) is 1.30. The summed E-state index contributed by atoms with van der Waals surface area (Å²) in [6.07, 6.45) is 1.12. The van der Waals surface area contributed by atoms with Crippen molar-refractivity contribution in [2.75, 3.05) is 39.5 Å². The predicted molar refractivity (Wildman–Crippen MR) is 60.2 cm³/mol. The van der Waals surface area contributed by atoms with Gasteiger partial charge >= 0.3 is 0 Å². The molecule has 0 heterocycles. The molecule has 0 aliphatic carbocycles. The van der Waals surface area contributed by atoms with Crippen LogP contribution in [0.15, 0.2) is 0 Å². The van der Waals surface area contributed by atoms with Gasteiger partial charge in [0, 0.05) is 19.7 Å². The van der Waals surface area contributed by atoms with Crippen LogP contribution in [0.5, 0.6) is 0 Å². The van der Waals surface area contributed by atoms with Gasteiger partial charge in [-0.15, -0.1) is 0 Å². The molecule has 0 aromatic carbocycles. The second-order valence-electron chi connectivity index (χ2n) is 3.19. The standard InChI is InChI=1S/C9H23NO3Si/c1-2-13-14-9-3-4-10(5-7-11)6-8-12/h11-12H,2-9,14H2,1H3. The molecule has 0 radical (unpaired) electrons. The van der Waals surface area contributed by atoms with Crippen LogP contribution in [0, 0.1) is 0 Å². The molecular weight excluding hydrogens is 198 g/mol. The largest absolute Gasteiger partial charge is 0.424 e. The lowest BCUT2D eigenvalue weighted by molar-refractivity contribution is 0.161. The van der Waals surface area contributed by atoms with E-state index in [0.29, 0.717) is 13.1 Å². The third-order valence-electron chi connectivity index (χ3n) is 2.05. The molecule has 0 atom stereocenters. The molecular formula is C9H23NO3Si. The Labute approximate surface area is 88.8 Å². The average molecular weight is 221 g/mol. The van der Waals surface area contributed by atoms with E-state index in [2.05, 4.69) is 4.90 Å². The quantitative estimate of drug-likeness (QED) is 0.375. The number of nitrogens with zero attached hydrogens (tertiary/aromatic N) is 1. The molecule has 0 fully saturated rings. The van der Waals surface area contributed by atoms with Crippen LogP contribution in [0.4, 0.5) is 0 Å². The van der Waals surface area contributed by atoms with Gasteiger partial charge in [0.1, 0.15) is 0 Å². The normalized spacial score (nSPS) is 12.0. The molecule has 4 nitrogen and oxygen atoms in total. The summed E-state index contributed by atoms with van der Waals surface area (Å²) in [5, 5.41) is 17.5. The van der Waals surface area contributed by atoms with Gasteiger partial charge in [-0.05, 0) is 25.9 Å². The van der Waals surface area contributed by atoms with Gasteiger partial charge in [0.2, 0.25) is 0 Å². The van der Waals surface area contributed by atoms with E-state index in [1.165, 1.54) is 6.04 Å². The van der Waals surface area contributed by atoms with Crippen LogP contribution in [0.3, 0.4) is 0 Å². The number of aliphatic hydroxyl groups excluding tert-OH is 2. The Kier molecular flexibility index (Phi) is 11.2. The van der Waals surface area contributed by atoms with Crippen LogP contribution in [-0.4, -0.2) is 64.3 Å². The third kappa shape index (κ3) is 8.65. The van der Waals surface area contributed by atoms with Crippen LogP contribution in [0.1, 0.15) is 13.3 Å². The van der Waals surface area contributed by atoms with E-state index in [0.717, 1.165) is 19.6 Å². The molecule has 0 aromatic heterocycles. The SMILES string of the molecule is CCO[SiH2]CCCN(CCO)CCO. The second kappa shape index (κ2) is 11.1. The minimum Gasteiger partial charge on any atom is -0.424 e. The average Bonchev–Trinajstić information content (AvgIpc) is 2.18. The highest BCUT2D eigenvalue weighted by atomic mass is 28.2. The Balaban J connectivity index is 3.30. The van der Waals surface area contributed by atoms with E-state index >= 15 is 0 Å². The van der Waals surface area contributed by atoms with E-state index in [1.54, 1.807) is 0 Å². The zero-order valence-electron chi connectivity index (χ0n) is 9.11. The topological polar surface area (TPSA) is 52.9 Å². The predicted octanol–water partition coefficient (Wildman–Crippen LogP) is -0.798. The maximum absolute atomic E-state index is 8.76. The fraction of sp³-hybridized carbons (Fsp3) is 1.00. The van der Waals surface area contributed by atoms with Gasteiger partial charge in [0.05, 0.1) is 13.2 Å². The molecule has 0 spiro atoms. The van der Waals surface area contributed by atoms with Crippen molar-refractivity contribution in [3.05, 3.63) is 0 Å². The van der Waals surface area contributed by atoms with Crippen LogP contribution in [0.25, 0.3) is 0 Å². The molecule has 0 rings (SSSR count). The summed E-state index contributed by atoms with van der Waals surface area (Å²) in [4.78, 5) is 2.08. The van der Waals surface area contributed by atoms with Crippen LogP contribution in [0.2, 0.25) is 6.04 Å². The van der Waals surface area contributed by atoms with Crippen molar-refractivity contribution in [1.29, 1.82) is 0 Å². The van der Waals surface area contributed by atoms with Gasteiger partial charge in [-0.3, -0.25) is 4.90 Å². The van der Waals surface area contributed by atoms with Crippen molar-refractivity contribution in [1.82, 2.24) is 4.90 Å². The van der Waals surface area contributed by atoms with Crippen LogP contribution >= 0.6 is 0 Å². The first kappa shape index (κ1) is 14.1. The molecule has 0 aromatic rings. The van der Waals surface area contributed by atoms with Crippen molar-refractivity contribution < 1.29 is 14.6 Å². The van der Waals surface area contributed by atoms with Crippen molar-refractivity contribution in [2.24, 2.45) is 0 Å². The number of hydrogen-bond donors (Lipinski definition) is 2. The highest BCUT2D eigenvalue weighted by Gasteiger charge is 2.02. The van der Waals surface area contributed by atoms with E-state index in [-0.39, 0.29) is 23.0 Å². The molecule has 86 valence electrons. The highest BCUT2D eigenvalue weighted by Crippen LogP contribution is 1.95. The van der Waals surface area contributed by atoms with Gasteiger partial charge in [-0.25, -0.2) is 0 Å². The highest BCUT2D eigenvalue weighted by molar-refractivity contribution is 6.26. The number of aliphatic hydroxyl groups is 2. The minimum absolute atomic E-state index is 0.170. The minimum atomic E-state index is -0.311. The number of hydrogen-bond acceptors (Lipinski definition) is 4. The third-order valence-corrected chi connectivity index (χ3v) is 3.54. The summed E-state index contributed by atoms with van der Waals surface area (Å²) in [5.41, 5.74) is 0. The maximum Gasteiger partial charge on any atom is 0.161 e. The van der Waals surface area contributed by atoms with Gasteiger partial charge in [-0.2, -0.15) is 0 Å². The van der Waals surface area contributed by atoms with Gasteiger partial charge < -0.3 is 14.6 Å². The van der Waals surface area contributed by atoms with Crippen molar-refractivity contribution in [3.63, 3.8) is 0 Å². The summed E-state index contributed by atoms with van der Waals surface area (Å²) in [6, 6.07) is 1.18. The van der Waals surface area contributed by atoms with Crippen LogP contribution < -0.4 is 0 Å². The van der Waals surface area contributed by atoms with Gasteiger partial charge in [0.25, 0.3) is 0 Å². The molecule has 2 N–H and O–H groups in total. The lowest BCUT2D eigenvalue weighted by atomic mass is 10.4. The summed E-state index contributed by atoms with van der Waals surface area (Å²) < 4.78 is 5.36. The molecule has 0 saturated carbocycles. The Morgan fingerprint density at radius 3 is 2.29 bits per heavy atom.